The fourth-order valence-corrected chi connectivity index (χ4v) is 2.73. The molecule has 1 amide bonds. The Bertz CT molecular complexity index is 870. The van der Waals surface area contributed by atoms with Gasteiger partial charge in [0.05, 0.1) is 7.11 Å². The van der Waals surface area contributed by atoms with Gasteiger partial charge in [0.15, 0.2) is 0 Å². The van der Waals surface area contributed by atoms with Crippen molar-refractivity contribution in [2.24, 2.45) is 0 Å². The highest BCUT2D eigenvalue weighted by Gasteiger charge is 2.11. The van der Waals surface area contributed by atoms with Crippen LogP contribution < -0.4 is 10.1 Å². The third-order valence-corrected chi connectivity index (χ3v) is 4.73. The van der Waals surface area contributed by atoms with Gasteiger partial charge in [0, 0.05) is 37.8 Å². The van der Waals surface area contributed by atoms with E-state index >= 15 is 0 Å². The smallest absolute Gasteiger partial charge is 0.293 e. The number of amides is 1. The van der Waals surface area contributed by atoms with Gasteiger partial charge in [-0.15, -0.1) is 0 Å². The van der Waals surface area contributed by atoms with Crippen molar-refractivity contribution in [2.75, 3.05) is 32.6 Å². The maximum absolute atomic E-state index is 11.9. The average molecular weight is 473 g/mol. The first-order valence-corrected chi connectivity index (χ1v) is 11.3. The van der Waals surface area contributed by atoms with Crippen LogP contribution in [0, 0.1) is 6.92 Å². The molecular weight excluding hydrogens is 432 g/mol. The minimum atomic E-state index is -0.318. The van der Waals surface area contributed by atoms with E-state index in [9.17, 15) is 14.4 Å². The molecule has 2 aromatic carbocycles. The number of nitrogens with zero attached hydrogens (tertiary/aromatic N) is 1. The molecule has 0 spiro atoms. The summed E-state index contributed by atoms with van der Waals surface area (Å²) in [5.41, 5.74) is 3.61. The summed E-state index contributed by atoms with van der Waals surface area (Å²) >= 11 is 0. The fraction of sp³-hybridized carbons (Fsp3) is 0.444. The fourth-order valence-electron chi connectivity index (χ4n) is 2.73. The molecule has 34 heavy (non-hydrogen) atoms. The van der Waals surface area contributed by atoms with Crippen LogP contribution in [0.1, 0.15) is 56.1 Å². The summed E-state index contributed by atoms with van der Waals surface area (Å²) in [4.78, 5) is 33.6. The molecule has 0 saturated heterocycles. The molecule has 2 rings (SSSR count). The van der Waals surface area contributed by atoms with Gasteiger partial charge in [-0.25, -0.2) is 0 Å². The Balaban J connectivity index is 0.000000514. The molecule has 7 heteroatoms. The van der Waals surface area contributed by atoms with Crippen molar-refractivity contribution >= 4 is 24.4 Å². The minimum absolute atomic E-state index is 0.0997. The Morgan fingerprint density at radius 3 is 1.97 bits per heavy atom. The van der Waals surface area contributed by atoms with Gasteiger partial charge in [-0.1, -0.05) is 6.07 Å². The number of methoxy groups -OCH3 is 1. The van der Waals surface area contributed by atoms with Gasteiger partial charge in [0.1, 0.15) is 17.6 Å². The van der Waals surface area contributed by atoms with Crippen molar-refractivity contribution in [3.63, 3.8) is 0 Å². The lowest BCUT2D eigenvalue weighted by Crippen LogP contribution is -2.30. The quantitative estimate of drug-likeness (QED) is 0.549. The van der Waals surface area contributed by atoms with Gasteiger partial charge in [0.2, 0.25) is 0 Å². The van der Waals surface area contributed by atoms with Gasteiger partial charge >= 0.3 is 0 Å². The summed E-state index contributed by atoms with van der Waals surface area (Å²) in [6.45, 7) is 13.4. The topological polar surface area (TPSA) is 84.9 Å². The molecule has 0 aliphatic carbocycles. The van der Waals surface area contributed by atoms with E-state index in [1.807, 2.05) is 96.0 Å². The second-order valence-electron chi connectivity index (χ2n) is 8.29. The molecule has 0 radical (unpaired) electrons. The Labute approximate surface area is 204 Å². The SMILES string of the molecule is CC(C)(C)OC=O.CCN(CC)C(=O)c1ccc(NC)cc1.COc1ccc(CC=O)c(C)c1. The standard InChI is InChI=1S/C12H18N2O.C10H12O2.C5H10O2/c1-4-14(5-2)12(15)10-6-8-11(13-3)9-7-10;1-8-7-10(12-2)4-3-9(8)5-6-11;1-5(2,3)7-4-6/h6-9,13H,4-5H2,1-3H3;3-4,6-7H,5H2,1-2H3;4H,1-3H3. The molecule has 0 bridgehead atoms. The normalized spacial score (nSPS) is 9.88. The molecule has 0 heterocycles. The van der Waals surface area contributed by atoms with E-state index in [4.69, 9.17) is 4.74 Å². The molecule has 7 nitrogen and oxygen atoms in total. The first kappa shape index (κ1) is 30.7. The van der Waals surface area contributed by atoms with Crippen molar-refractivity contribution in [3.8, 4) is 5.75 Å². The van der Waals surface area contributed by atoms with Crippen LogP contribution in [0.5, 0.6) is 5.75 Å². The zero-order valence-electron chi connectivity index (χ0n) is 21.8. The zero-order chi connectivity index (χ0) is 26.1. The number of benzene rings is 2. The molecule has 0 unspecified atom stereocenters. The van der Waals surface area contributed by atoms with Crippen LogP contribution in [-0.4, -0.2) is 56.4 Å². The van der Waals surface area contributed by atoms with Crippen molar-refractivity contribution < 1.29 is 23.9 Å². The summed E-state index contributed by atoms with van der Waals surface area (Å²) in [7, 11) is 3.50. The van der Waals surface area contributed by atoms with Crippen LogP contribution in [0.2, 0.25) is 0 Å². The van der Waals surface area contributed by atoms with Crippen molar-refractivity contribution in [1.29, 1.82) is 0 Å². The van der Waals surface area contributed by atoms with Gasteiger partial charge < -0.3 is 24.5 Å². The maximum atomic E-state index is 11.9. The number of aryl methyl sites for hydroxylation is 1. The molecule has 0 aliphatic heterocycles. The number of aldehydes is 1. The lowest BCUT2D eigenvalue weighted by molar-refractivity contribution is -0.138. The maximum Gasteiger partial charge on any atom is 0.293 e. The van der Waals surface area contributed by atoms with Crippen molar-refractivity contribution in [1.82, 2.24) is 4.90 Å². The monoisotopic (exact) mass is 472 g/mol. The third kappa shape index (κ3) is 12.0. The first-order chi connectivity index (χ1) is 16.1. The van der Waals surface area contributed by atoms with Gasteiger partial charge in [0.25, 0.3) is 12.4 Å². The molecule has 1 N–H and O–H groups in total. The van der Waals surface area contributed by atoms with Crippen LogP contribution >= 0.6 is 0 Å². The molecule has 0 aliphatic rings. The van der Waals surface area contributed by atoms with Gasteiger partial charge in [-0.05, 0) is 89.1 Å². The Hall–Kier alpha value is -3.35. The van der Waals surface area contributed by atoms with E-state index < -0.39 is 0 Å². The second kappa shape index (κ2) is 16.3. The summed E-state index contributed by atoms with van der Waals surface area (Å²) < 4.78 is 9.59. The summed E-state index contributed by atoms with van der Waals surface area (Å²) in [6.07, 6.45) is 1.39. The summed E-state index contributed by atoms with van der Waals surface area (Å²) in [5, 5.41) is 3.03. The van der Waals surface area contributed by atoms with E-state index in [2.05, 4.69) is 10.1 Å². The lowest BCUT2D eigenvalue weighted by Gasteiger charge is -2.18. The van der Waals surface area contributed by atoms with E-state index in [-0.39, 0.29) is 11.5 Å². The Morgan fingerprint density at radius 2 is 1.62 bits per heavy atom. The average Bonchev–Trinajstić information content (AvgIpc) is 2.81. The summed E-state index contributed by atoms with van der Waals surface area (Å²) in [5.74, 6) is 0.935. The third-order valence-electron chi connectivity index (χ3n) is 4.73. The second-order valence-corrected chi connectivity index (χ2v) is 8.29. The predicted molar refractivity (Wildman–Crippen MR) is 138 cm³/mol. The van der Waals surface area contributed by atoms with E-state index in [0.29, 0.717) is 12.9 Å². The first-order valence-electron chi connectivity index (χ1n) is 11.3. The highest BCUT2D eigenvalue weighted by atomic mass is 16.5. The molecular formula is C27H40N2O5. The number of carbonyl (C=O) groups excluding carboxylic acids is 3. The zero-order valence-corrected chi connectivity index (χ0v) is 21.8. The molecule has 0 aromatic heterocycles. The van der Waals surface area contributed by atoms with E-state index in [1.165, 1.54) is 0 Å². The van der Waals surface area contributed by atoms with Crippen LogP contribution in [0.3, 0.4) is 0 Å². The number of anilines is 1. The molecule has 0 fully saturated rings. The van der Waals surface area contributed by atoms with Gasteiger partial charge in [-0.3, -0.25) is 9.59 Å². The minimum Gasteiger partial charge on any atom is -0.497 e. The van der Waals surface area contributed by atoms with E-state index in [1.54, 1.807) is 7.11 Å². The Morgan fingerprint density at radius 1 is 1.03 bits per heavy atom. The van der Waals surface area contributed by atoms with Crippen molar-refractivity contribution in [2.45, 2.75) is 53.6 Å². The lowest BCUT2D eigenvalue weighted by atomic mass is 10.1. The van der Waals surface area contributed by atoms with E-state index in [0.717, 1.165) is 47.5 Å². The highest BCUT2D eigenvalue weighted by molar-refractivity contribution is 5.94. The van der Waals surface area contributed by atoms with Crippen molar-refractivity contribution in [3.05, 3.63) is 59.2 Å². The number of hydrogen-bond donors (Lipinski definition) is 1. The Kier molecular flexibility index (Phi) is 14.7. The number of rotatable bonds is 8. The molecule has 0 atom stereocenters. The molecule has 0 saturated carbocycles. The number of hydrogen-bond acceptors (Lipinski definition) is 6. The number of ether oxygens (including phenoxy) is 2. The van der Waals surface area contributed by atoms with Crippen LogP contribution in [0.4, 0.5) is 5.69 Å². The van der Waals surface area contributed by atoms with Gasteiger partial charge in [-0.2, -0.15) is 0 Å². The molecule has 188 valence electrons. The van der Waals surface area contributed by atoms with Crippen LogP contribution in [0.15, 0.2) is 42.5 Å². The van der Waals surface area contributed by atoms with Crippen LogP contribution in [0.25, 0.3) is 0 Å². The number of nitrogens with one attached hydrogen (secondary N) is 1. The predicted octanol–water partition coefficient (Wildman–Crippen LogP) is 4.91. The molecule has 2 aromatic rings. The largest absolute Gasteiger partial charge is 0.497 e. The number of carbonyl (C=O) groups is 3. The highest BCUT2D eigenvalue weighted by Crippen LogP contribution is 2.16. The van der Waals surface area contributed by atoms with Crippen LogP contribution in [-0.2, 0) is 20.7 Å². The summed E-state index contributed by atoms with van der Waals surface area (Å²) in [6, 6.07) is 13.2.